The van der Waals surface area contributed by atoms with Crippen LogP contribution in [0.5, 0.6) is 0 Å². The second kappa shape index (κ2) is 6.99. The third kappa shape index (κ3) is 4.73. The van der Waals surface area contributed by atoms with Gasteiger partial charge < -0.3 is 14.8 Å². The van der Waals surface area contributed by atoms with E-state index in [4.69, 9.17) is 9.47 Å². The maximum atomic E-state index is 5.11. The maximum absolute atomic E-state index is 5.11. The normalized spacial score (nSPS) is 13.5. The molecule has 0 fully saturated rings. The SMILES string of the molecule is CCNCC(COC)OC. The van der Waals surface area contributed by atoms with Crippen molar-refractivity contribution in [3.8, 4) is 0 Å². The lowest BCUT2D eigenvalue weighted by molar-refractivity contribution is 0.0293. The van der Waals surface area contributed by atoms with Gasteiger partial charge in [0.25, 0.3) is 0 Å². The third-order valence-electron chi connectivity index (χ3n) is 1.31. The van der Waals surface area contributed by atoms with E-state index in [9.17, 15) is 0 Å². The average Bonchev–Trinajstić information content (AvgIpc) is 1.98. The first-order valence-electron chi connectivity index (χ1n) is 3.57. The predicted molar refractivity (Wildman–Crippen MR) is 41.2 cm³/mol. The zero-order valence-corrected chi connectivity index (χ0v) is 7.02. The Kier molecular flexibility index (Phi) is 6.91. The number of hydrogen-bond acceptors (Lipinski definition) is 3. The van der Waals surface area contributed by atoms with E-state index in [1.165, 1.54) is 0 Å². The summed E-state index contributed by atoms with van der Waals surface area (Å²) in [4.78, 5) is 0. The minimum Gasteiger partial charge on any atom is -0.382 e. The summed E-state index contributed by atoms with van der Waals surface area (Å²) in [6, 6.07) is 0. The van der Waals surface area contributed by atoms with E-state index in [1.807, 2.05) is 0 Å². The van der Waals surface area contributed by atoms with E-state index in [0.29, 0.717) is 6.61 Å². The van der Waals surface area contributed by atoms with Crippen LogP contribution in [0.25, 0.3) is 0 Å². The second-order valence-corrected chi connectivity index (χ2v) is 2.12. The number of hydrogen-bond donors (Lipinski definition) is 1. The van der Waals surface area contributed by atoms with Gasteiger partial charge in [0, 0.05) is 20.8 Å². The summed E-state index contributed by atoms with van der Waals surface area (Å²) in [5.41, 5.74) is 0. The molecule has 0 amide bonds. The van der Waals surface area contributed by atoms with Gasteiger partial charge in [-0.05, 0) is 6.54 Å². The smallest absolute Gasteiger partial charge is 0.0928 e. The molecule has 0 aliphatic carbocycles. The van der Waals surface area contributed by atoms with E-state index in [-0.39, 0.29) is 6.10 Å². The van der Waals surface area contributed by atoms with Crippen molar-refractivity contribution < 1.29 is 9.47 Å². The standard InChI is InChI=1S/C7H17NO2/c1-4-8-5-7(10-3)6-9-2/h7-8H,4-6H2,1-3H3. The minimum atomic E-state index is 0.185. The van der Waals surface area contributed by atoms with Crippen molar-refractivity contribution in [3.63, 3.8) is 0 Å². The first-order valence-corrected chi connectivity index (χ1v) is 3.57. The number of methoxy groups -OCH3 is 2. The van der Waals surface area contributed by atoms with Gasteiger partial charge in [-0.25, -0.2) is 0 Å². The largest absolute Gasteiger partial charge is 0.382 e. The summed E-state index contributed by atoms with van der Waals surface area (Å²) in [5, 5.41) is 3.18. The molecule has 0 rings (SSSR count). The van der Waals surface area contributed by atoms with Gasteiger partial charge in [0.05, 0.1) is 12.7 Å². The highest BCUT2D eigenvalue weighted by molar-refractivity contribution is 4.58. The fourth-order valence-corrected chi connectivity index (χ4v) is 0.702. The average molecular weight is 147 g/mol. The molecule has 3 heteroatoms. The zero-order chi connectivity index (χ0) is 7.82. The quantitative estimate of drug-likeness (QED) is 0.584. The van der Waals surface area contributed by atoms with Crippen molar-refractivity contribution in [3.05, 3.63) is 0 Å². The van der Waals surface area contributed by atoms with Crippen molar-refractivity contribution in [1.82, 2.24) is 5.32 Å². The molecule has 0 spiro atoms. The minimum absolute atomic E-state index is 0.185. The van der Waals surface area contributed by atoms with Crippen LogP contribution in [0, 0.1) is 0 Å². The summed E-state index contributed by atoms with van der Waals surface area (Å²) in [7, 11) is 3.37. The molecule has 1 unspecified atom stereocenters. The summed E-state index contributed by atoms with van der Waals surface area (Å²) < 4.78 is 10.0. The van der Waals surface area contributed by atoms with Gasteiger partial charge in [0.15, 0.2) is 0 Å². The highest BCUT2D eigenvalue weighted by Gasteiger charge is 2.03. The van der Waals surface area contributed by atoms with E-state index in [2.05, 4.69) is 12.2 Å². The summed E-state index contributed by atoms with van der Waals surface area (Å²) in [6.45, 7) is 4.56. The van der Waals surface area contributed by atoms with Gasteiger partial charge in [-0.1, -0.05) is 6.92 Å². The molecule has 0 radical (unpaired) electrons. The van der Waals surface area contributed by atoms with Gasteiger partial charge in [0.1, 0.15) is 0 Å². The van der Waals surface area contributed by atoms with Crippen molar-refractivity contribution >= 4 is 0 Å². The molecule has 0 aromatic heterocycles. The third-order valence-corrected chi connectivity index (χ3v) is 1.31. The number of nitrogens with one attached hydrogen (secondary N) is 1. The Labute approximate surface area is 62.7 Å². The van der Waals surface area contributed by atoms with Gasteiger partial charge in [0.2, 0.25) is 0 Å². The Hall–Kier alpha value is -0.120. The van der Waals surface area contributed by atoms with Crippen LogP contribution < -0.4 is 5.32 Å². The Morgan fingerprint density at radius 2 is 2.10 bits per heavy atom. The molecule has 1 atom stereocenters. The van der Waals surface area contributed by atoms with Gasteiger partial charge in [-0.3, -0.25) is 0 Å². The van der Waals surface area contributed by atoms with Crippen LogP contribution in [0.2, 0.25) is 0 Å². The lowest BCUT2D eigenvalue weighted by Gasteiger charge is -2.13. The Balaban J connectivity index is 3.21. The van der Waals surface area contributed by atoms with Crippen LogP contribution in [-0.2, 0) is 9.47 Å². The molecule has 3 nitrogen and oxygen atoms in total. The molecule has 0 aromatic carbocycles. The molecule has 0 saturated carbocycles. The molecule has 10 heavy (non-hydrogen) atoms. The van der Waals surface area contributed by atoms with Crippen LogP contribution >= 0.6 is 0 Å². The zero-order valence-electron chi connectivity index (χ0n) is 7.02. The maximum Gasteiger partial charge on any atom is 0.0928 e. The summed E-state index contributed by atoms with van der Waals surface area (Å²) >= 11 is 0. The van der Waals surface area contributed by atoms with Crippen LogP contribution in [0.1, 0.15) is 6.92 Å². The van der Waals surface area contributed by atoms with Gasteiger partial charge in [-0.2, -0.15) is 0 Å². The van der Waals surface area contributed by atoms with Crippen molar-refractivity contribution in [2.45, 2.75) is 13.0 Å². The van der Waals surface area contributed by atoms with Crippen LogP contribution in [-0.4, -0.2) is 40.0 Å². The van der Waals surface area contributed by atoms with Gasteiger partial charge in [-0.15, -0.1) is 0 Å². The van der Waals surface area contributed by atoms with E-state index in [1.54, 1.807) is 14.2 Å². The summed E-state index contributed by atoms with van der Waals surface area (Å²) in [6.07, 6.45) is 0.185. The molecule has 1 N–H and O–H groups in total. The lowest BCUT2D eigenvalue weighted by Crippen LogP contribution is -2.31. The molecule has 0 saturated heterocycles. The fraction of sp³-hybridized carbons (Fsp3) is 1.00. The lowest BCUT2D eigenvalue weighted by atomic mass is 10.4. The monoisotopic (exact) mass is 147 g/mol. The van der Waals surface area contributed by atoms with Crippen LogP contribution in [0.4, 0.5) is 0 Å². The van der Waals surface area contributed by atoms with Crippen LogP contribution in [0.3, 0.4) is 0 Å². The molecule has 0 heterocycles. The number of likely N-dealkylation sites (N-methyl/N-ethyl adjacent to an activating group) is 1. The van der Waals surface area contributed by atoms with E-state index in [0.717, 1.165) is 13.1 Å². The van der Waals surface area contributed by atoms with Crippen molar-refractivity contribution in [2.24, 2.45) is 0 Å². The Morgan fingerprint density at radius 1 is 1.40 bits per heavy atom. The molecule has 0 aliphatic rings. The van der Waals surface area contributed by atoms with E-state index >= 15 is 0 Å². The van der Waals surface area contributed by atoms with Crippen molar-refractivity contribution in [2.75, 3.05) is 33.9 Å². The molecule has 0 aromatic rings. The fourth-order valence-electron chi connectivity index (χ4n) is 0.702. The van der Waals surface area contributed by atoms with Crippen molar-refractivity contribution in [1.29, 1.82) is 0 Å². The first-order chi connectivity index (χ1) is 4.85. The molecular weight excluding hydrogens is 130 g/mol. The number of rotatable bonds is 6. The van der Waals surface area contributed by atoms with Gasteiger partial charge >= 0.3 is 0 Å². The molecule has 62 valence electrons. The highest BCUT2D eigenvalue weighted by Crippen LogP contribution is 1.87. The highest BCUT2D eigenvalue weighted by atomic mass is 16.5. The molecule has 0 bridgehead atoms. The number of ether oxygens (including phenoxy) is 2. The Morgan fingerprint density at radius 3 is 2.50 bits per heavy atom. The molecule has 0 aliphatic heterocycles. The topological polar surface area (TPSA) is 30.5 Å². The van der Waals surface area contributed by atoms with E-state index < -0.39 is 0 Å². The Bertz CT molecular complexity index is 68.6. The first kappa shape index (κ1) is 9.88. The molecular formula is C7H17NO2. The van der Waals surface area contributed by atoms with Crippen LogP contribution in [0.15, 0.2) is 0 Å². The second-order valence-electron chi connectivity index (χ2n) is 2.12. The predicted octanol–water partition coefficient (Wildman–Crippen LogP) is 0.257. The summed E-state index contributed by atoms with van der Waals surface area (Å²) in [5.74, 6) is 0.